The first-order valence-electron chi connectivity index (χ1n) is 8.54. The van der Waals surface area contributed by atoms with Gasteiger partial charge in [-0.05, 0) is 31.0 Å². The summed E-state index contributed by atoms with van der Waals surface area (Å²) in [5.74, 6) is 0.705. The first kappa shape index (κ1) is 19.2. The second-order valence-electron chi connectivity index (χ2n) is 6.25. The molecule has 2 rings (SSSR count). The molecular formula is C18H27FN4O2. The summed E-state index contributed by atoms with van der Waals surface area (Å²) in [6.07, 6.45) is 1.09. The van der Waals surface area contributed by atoms with E-state index in [9.17, 15) is 9.18 Å². The van der Waals surface area contributed by atoms with E-state index in [2.05, 4.69) is 20.5 Å². The predicted molar refractivity (Wildman–Crippen MR) is 96.4 cm³/mol. The molecule has 1 unspecified atom stereocenters. The molecule has 0 aromatic heterocycles. The second-order valence-corrected chi connectivity index (χ2v) is 6.25. The number of amides is 1. The van der Waals surface area contributed by atoms with Gasteiger partial charge >= 0.3 is 0 Å². The van der Waals surface area contributed by atoms with Gasteiger partial charge in [-0.25, -0.2) is 4.39 Å². The molecule has 1 heterocycles. The number of aryl methyl sites for hydroxylation is 1. The van der Waals surface area contributed by atoms with Crippen LogP contribution in [0, 0.1) is 18.7 Å². The highest BCUT2D eigenvalue weighted by molar-refractivity contribution is 5.94. The van der Waals surface area contributed by atoms with Crippen molar-refractivity contribution in [3.63, 3.8) is 0 Å². The Labute approximate surface area is 148 Å². The summed E-state index contributed by atoms with van der Waals surface area (Å²) in [5, 5.41) is 6.03. The van der Waals surface area contributed by atoms with Gasteiger partial charge in [0, 0.05) is 51.8 Å². The Morgan fingerprint density at radius 3 is 2.84 bits per heavy atom. The number of hydrogen-bond acceptors (Lipinski definition) is 3. The number of halogens is 1. The van der Waals surface area contributed by atoms with Crippen LogP contribution in [0.3, 0.4) is 0 Å². The maximum Gasteiger partial charge on any atom is 0.251 e. The molecule has 0 spiro atoms. The highest BCUT2D eigenvalue weighted by atomic mass is 19.1. The van der Waals surface area contributed by atoms with Crippen molar-refractivity contribution in [2.45, 2.75) is 13.3 Å². The van der Waals surface area contributed by atoms with Crippen LogP contribution in [-0.4, -0.2) is 63.7 Å². The zero-order chi connectivity index (χ0) is 18.2. The van der Waals surface area contributed by atoms with Crippen LogP contribution in [0.2, 0.25) is 0 Å². The standard InChI is InChI=1S/C18H27FN4O2/c1-13-4-5-15(10-16(13)19)17(24)21-7-8-22-18(20-2)23-9-6-14(11-23)12-25-3/h4-5,10,14H,6-9,11-12H2,1-3H3,(H,20,22)(H,21,24). The molecule has 6 nitrogen and oxygen atoms in total. The number of carbonyl (C=O) groups excluding carboxylic acids is 1. The van der Waals surface area contributed by atoms with Crippen LogP contribution in [0.4, 0.5) is 4.39 Å². The Morgan fingerprint density at radius 1 is 1.40 bits per heavy atom. The lowest BCUT2D eigenvalue weighted by atomic mass is 10.1. The minimum absolute atomic E-state index is 0.281. The van der Waals surface area contributed by atoms with Crippen molar-refractivity contribution < 1.29 is 13.9 Å². The molecule has 1 fully saturated rings. The number of aliphatic imine (C=N–C) groups is 1. The van der Waals surface area contributed by atoms with E-state index < -0.39 is 0 Å². The molecule has 0 radical (unpaired) electrons. The average molecular weight is 350 g/mol. The lowest BCUT2D eigenvalue weighted by molar-refractivity contribution is 0.0954. The molecule has 2 N–H and O–H groups in total. The molecule has 1 saturated heterocycles. The molecule has 1 aliphatic heterocycles. The predicted octanol–water partition coefficient (Wildman–Crippen LogP) is 1.41. The van der Waals surface area contributed by atoms with Crippen LogP contribution in [0.15, 0.2) is 23.2 Å². The molecule has 1 aliphatic rings. The summed E-state index contributed by atoms with van der Waals surface area (Å²) in [7, 11) is 3.47. The van der Waals surface area contributed by atoms with E-state index in [1.807, 2.05) is 0 Å². The monoisotopic (exact) mass is 350 g/mol. The highest BCUT2D eigenvalue weighted by Gasteiger charge is 2.24. The van der Waals surface area contributed by atoms with Gasteiger partial charge < -0.3 is 20.3 Å². The first-order chi connectivity index (χ1) is 12.0. The molecule has 1 amide bonds. The van der Waals surface area contributed by atoms with Crippen molar-refractivity contribution in [3.05, 3.63) is 35.1 Å². The molecule has 1 aromatic carbocycles. The zero-order valence-corrected chi connectivity index (χ0v) is 15.1. The molecule has 1 atom stereocenters. The molecule has 7 heteroatoms. The van der Waals surface area contributed by atoms with Crippen molar-refractivity contribution in [3.8, 4) is 0 Å². The smallest absolute Gasteiger partial charge is 0.251 e. The number of guanidine groups is 1. The summed E-state index contributed by atoms with van der Waals surface area (Å²) >= 11 is 0. The number of ether oxygens (including phenoxy) is 1. The SMILES string of the molecule is CN=C(NCCNC(=O)c1ccc(C)c(F)c1)N1CCC(COC)C1. The van der Waals surface area contributed by atoms with Gasteiger partial charge in [0.05, 0.1) is 6.61 Å². The van der Waals surface area contributed by atoms with Gasteiger partial charge in [-0.2, -0.15) is 0 Å². The highest BCUT2D eigenvalue weighted by Crippen LogP contribution is 2.16. The van der Waals surface area contributed by atoms with Gasteiger partial charge in [0.25, 0.3) is 5.91 Å². The maximum atomic E-state index is 13.5. The zero-order valence-electron chi connectivity index (χ0n) is 15.1. The summed E-state index contributed by atoms with van der Waals surface area (Å²) < 4.78 is 18.7. The summed E-state index contributed by atoms with van der Waals surface area (Å²) in [6, 6.07) is 4.49. The fraction of sp³-hybridized carbons (Fsp3) is 0.556. The summed E-state index contributed by atoms with van der Waals surface area (Å²) in [6.45, 7) is 5.28. The van der Waals surface area contributed by atoms with E-state index in [0.29, 0.717) is 30.1 Å². The van der Waals surface area contributed by atoms with E-state index in [4.69, 9.17) is 4.74 Å². The summed E-state index contributed by atoms with van der Waals surface area (Å²) in [4.78, 5) is 18.5. The van der Waals surface area contributed by atoms with E-state index >= 15 is 0 Å². The number of hydrogen-bond donors (Lipinski definition) is 2. The number of benzene rings is 1. The fourth-order valence-electron chi connectivity index (χ4n) is 2.92. The van der Waals surface area contributed by atoms with Crippen LogP contribution < -0.4 is 10.6 Å². The van der Waals surface area contributed by atoms with E-state index in [1.165, 1.54) is 6.07 Å². The fourth-order valence-corrected chi connectivity index (χ4v) is 2.92. The lowest BCUT2D eigenvalue weighted by Gasteiger charge is -2.21. The number of likely N-dealkylation sites (tertiary alicyclic amines) is 1. The van der Waals surface area contributed by atoms with Crippen molar-refractivity contribution >= 4 is 11.9 Å². The maximum absolute atomic E-state index is 13.5. The lowest BCUT2D eigenvalue weighted by Crippen LogP contribution is -2.43. The Kier molecular flexibility index (Phi) is 7.18. The van der Waals surface area contributed by atoms with Crippen LogP contribution in [0.1, 0.15) is 22.3 Å². The third-order valence-electron chi connectivity index (χ3n) is 4.33. The summed E-state index contributed by atoms with van der Waals surface area (Å²) in [5.41, 5.74) is 0.855. The van der Waals surface area contributed by atoms with E-state index in [-0.39, 0.29) is 11.7 Å². The van der Waals surface area contributed by atoms with Gasteiger partial charge in [-0.15, -0.1) is 0 Å². The Morgan fingerprint density at radius 2 is 2.16 bits per heavy atom. The topological polar surface area (TPSA) is 66.0 Å². The van der Waals surface area contributed by atoms with E-state index in [1.54, 1.807) is 33.2 Å². The quantitative estimate of drug-likeness (QED) is 0.462. The number of nitrogens with one attached hydrogen (secondary N) is 2. The molecule has 25 heavy (non-hydrogen) atoms. The third kappa shape index (κ3) is 5.42. The number of carbonyl (C=O) groups is 1. The molecule has 0 aliphatic carbocycles. The molecule has 0 bridgehead atoms. The number of nitrogens with zero attached hydrogens (tertiary/aromatic N) is 2. The van der Waals surface area contributed by atoms with Crippen molar-refractivity contribution in [1.29, 1.82) is 0 Å². The Balaban J connectivity index is 1.74. The minimum atomic E-state index is -0.370. The van der Waals surface area contributed by atoms with Crippen LogP contribution >= 0.6 is 0 Å². The third-order valence-corrected chi connectivity index (χ3v) is 4.33. The van der Waals surface area contributed by atoms with Gasteiger partial charge in [-0.3, -0.25) is 9.79 Å². The van der Waals surface area contributed by atoms with Crippen LogP contribution in [-0.2, 0) is 4.74 Å². The van der Waals surface area contributed by atoms with Gasteiger partial charge in [-0.1, -0.05) is 6.07 Å². The average Bonchev–Trinajstić information content (AvgIpc) is 3.06. The van der Waals surface area contributed by atoms with Crippen LogP contribution in [0.5, 0.6) is 0 Å². The second kappa shape index (κ2) is 9.36. The molecule has 1 aromatic rings. The number of rotatable bonds is 6. The van der Waals surface area contributed by atoms with Gasteiger partial charge in [0.1, 0.15) is 5.82 Å². The normalized spacial score (nSPS) is 17.7. The van der Waals surface area contributed by atoms with Crippen molar-refractivity contribution in [2.75, 3.05) is 46.9 Å². The number of methoxy groups -OCH3 is 1. The molecule has 0 saturated carbocycles. The molecular weight excluding hydrogens is 323 g/mol. The minimum Gasteiger partial charge on any atom is -0.384 e. The van der Waals surface area contributed by atoms with Crippen LogP contribution in [0.25, 0.3) is 0 Å². The Hall–Kier alpha value is -2.15. The first-order valence-corrected chi connectivity index (χ1v) is 8.54. The van der Waals surface area contributed by atoms with Crippen molar-refractivity contribution in [2.24, 2.45) is 10.9 Å². The Bertz CT molecular complexity index is 621. The largest absolute Gasteiger partial charge is 0.384 e. The molecule has 138 valence electrons. The van der Waals surface area contributed by atoms with Gasteiger partial charge in [0.2, 0.25) is 0 Å². The van der Waals surface area contributed by atoms with E-state index in [0.717, 1.165) is 32.1 Å². The van der Waals surface area contributed by atoms with Gasteiger partial charge in [0.15, 0.2) is 5.96 Å². The van der Waals surface area contributed by atoms with Crippen molar-refractivity contribution in [1.82, 2.24) is 15.5 Å².